The number of carboxylic acids is 1. The second kappa shape index (κ2) is 8.73. The molecule has 9 nitrogen and oxygen atoms in total. The molecule has 0 radical (unpaired) electrons. The summed E-state index contributed by atoms with van der Waals surface area (Å²) in [6.07, 6.45) is 6.07. The van der Waals surface area contributed by atoms with Crippen LogP contribution in [0.2, 0.25) is 0 Å². The molecule has 1 aromatic carbocycles. The van der Waals surface area contributed by atoms with Crippen LogP contribution in [-0.2, 0) is 13.0 Å². The van der Waals surface area contributed by atoms with E-state index in [1.807, 2.05) is 16.7 Å². The number of fused-ring (bicyclic) bond motifs is 3. The minimum absolute atomic E-state index is 0.0349. The van der Waals surface area contributed by atoms with Crippen LogP contribution in [0.1, 0.15) is 49.2 Å². The zero-order chi connectivity index (χ0) is 23.8. The van der Waals surface area contributed by atoms with Crippen molar-refractivity contribution in [2.24, 2.45) is 5.41 Å². The number of aromatic carboxylic acids is 1. The van der Waals surface area contributed by atoms with Crippen LogP contribution in [0.25, 0.3) is 11.3 Å². The van der Waals surface area contributed by atoms with Gasteiger partial charge in [0, 0.05) is 36.8 Å². The summed E-state index contributed by atoms with van der Waals surface area (Å²) < 4.78 is 15.3. The smallest absolute Gasteiger partial charge is 0.341 e. The highest BCUT2D eigenvalue weighted by molar-refractivity contribution is 5.88. The molecule has 1 aliphatic rings. The van der Waals surface area contributed by atoms with E-state index in [0.717, 1.165) is 17.5 Å². The largest absolute Gasteiger partial charge is 0.493 e. The van der Waals surface area contributed by atoms with E-state index in [2.05, 4.69) is 30.9 Å². The Bertz CT molecular complexity index is 1220. The molecule has 0 saturated heterocycles. The molecule has 0 saturated carbocycles. The Hall–Kier alpha value is -3.62. The number of ether oxygens (including phenoxy) is 2. The Morgan fingerprint density at radius 1 is 1.24 bits per heavy atom. The molecule has 0 fully saturated rings. The predicted octanol–water partition coefficient (Wildman–Crippen LogP) is 3.43. The lowest BCUT2D eigenvalue weighted by atomic mass is 9.78. The molecule has 4 rings (SSSR count). The fourth-order valence-corrected chi connectivity index (χ4v) is 4.25. The van der Waals surface area contributed by atoms with E-state index in [-0.39, 0.29) is 17.0 Å². The normalized spacial score (nSPS) is 15.0. The van der Waals surface area contributed by atoms with E-state index in [9.17, 15) is 14.7 Å². The minimum atomic E-state index is -1.22. The molecule has 3 heterocycles. The molecule has 0 amide bonds. The maximum Gasteiger partial charge on any atom is 0.341 e. The van der Waals surface area contributed by atoms with Crippen LogP contribution in [0.3, 0.4) is 0 Å². The SMILES string of the molecule is COc1cc2c(cc1OCCCn1cncn1)CC(C(C)(C)C)n1cc(C(=O)O)c(=O)cc1-2. The molecule has 1 N–H and O–H groups in total. The monoisotopic (exact) mass is 452 g/mol. The van der Waals surface area contributed by atoms with E-state index in [1.54, 1.807) is 18.1 Å². The van der Waals surface area contributed by atoms with Crippen LogP contribution in [0.5, 0.6) is 11.5 Å². The molecule has 1 aliphatic heterocycles. The number of aryl methyl sites for hydroxylation is 1. The number of pyridine rings is 1. The summed E-state index contributed by atoms with van der Waals surface area (Å²) in [5, 5.41) is 13.6. The van der Waals surface area contributed by atoms with Crippen molar-refractivity contribution in [1.29, 1.82) is 0 Å². The highest BCUT2D eigenvalue weighted by Gasteiger charge is 2.34. The van der Waals surface area contributed by atoms with E-state index < -0.39 is 11.4 Å². The van der Waals surface area contributed by atoms with Crippen molar-refractivity contribution in [3.63, 3.8) is 0 Å². The van der Waals surface area contributed by atoms with Gasteiger partial charge in [-0.1, -0.05) is 20.8 Å². The lowest BCUT2D eigenvalue weighted by Gasteiger charge is -2.39. The molecule has 174 valence electrons. The van der Waals surface area contributed by atoms with Gasteiger partial charge in [0.15, 0.2) is 16.9 Å². The van der Waals surface area contributed by atoms with E-state index >= 15 is 0 Å². The number of methoxy groups -OCH3 is 1. The van der Waals surface area contributed by atoms with Gasteiger partial charge < -0.3 is 19.1 Å². The number of carboxylic acid groups (broad SMARTS) is 1. The van der Waals surface area contributed by atoms with Gasteiger partial charge in [-0.3, -0.25) is 9.48 Å². The van der Waals surface area contributed by atoms with Crippen molar-refractivity contribution in [2.45, 2.75) is 46.2 Å². The van der Waals surface area contributed by atoms with Gasteiger partial charge in [0.1, 0.15) is 18.2 Å². The summed E-state index contributed by atoms with van der Waals surface area (Å²) in [6, 6.07) is 5.22. The van der Waals surface area contributed by atoms with Gasteiger partial charge in [0.25, 0.3) is 0 Å². The first-order chi connectivity index (χ1) is 15.7. The topological polar surface area (TPSA) is 108 Å². The van der Waals surface area contributed by atoms with Crippen LogP contribution in [0.4, 0.5) is 0 Å². The van der Waals surface area contributed by atoms with Gasteiger partial charge in [0.2, 0.25) is 0 Å². The molecular weight excluding hydrogens is 424 g/mol. The first-order valence-electron chi connectivity index (χ1n) is 10.8. The number of benzene rings is 1. The first-order valence-corrected chi connectivity index (χ1v) is 10.8. The first kappa shape index (κ1) is 22.6. The molecule has 1 unspecified atom stereocenters. The Labute approximate surface area is 191 Å². The maximum absolute atomic E-state index is 12.5. The second-order valence-corrected chi connectivity index (χ2v) is 9.26. The van der Waals surface area contributed by atoms with Crippen molar-refractivity contribution in [2.75, 3.05) is 13.7 Å². The van der Waals surface area contributed by atoms with Gasteiger partial charge in [-0.25, -0.2) is 9.78 Å². The summed E-state index contributed by atoms with van der Waals surface area (Å²) >= 11 is 0. The van der Waals surface area contributed by atoms with Crippen molar-refractivity contribution >= 4 is 5.97 Å². The fourth-order valence-electron chi connectivity index (χ4n) is 4.25. The van der Waals surface area contributed by atoms with Gasteiger partial charge in [-0.2, -0.15) is 5.10 Å². The van der Waals surface area contributed by atoms with E-state index in [1.165, 1.54) is 18.6 Å². The van der Waals surface area contributed by atoms with Gasteiger partial charge in [-0.05, 0) is 29.5 Å². The highest BCUT2D eigenvalue weighted by atomic mass is 16.5. The Morgan fingerprint density at radius 3 is 2.67 bits per heavy atom. The number of aromatic nitrogens is 4. The Morgan fingerprint density at radius 2 is 2.03 bits per heavy atom. The number of carbonyl (C=O) groups is 1. The number of hydrogen-bond acceptors (Lipinski definition) is 6. The summed E-state index contributed by atoms with van der Waals surface area (Å²) in [4.78, 5) is 28.1. The molecule has 33 heavy (non-hydrogen) atoms. The van der Waals surface area contributed by atoms with Crippen molar-refractivity contribution in [3.05, 3.63) is 58.4 Å². The molecular formula is C24H28N4O5. The fraction of sp³-hybridized carbons (Fsp3) is 0.417. The Kier molecular flexibility index (Phi) is 5.97. The number of nitrogens with zero attached hydrogens (tertiary/aromatic N) is 4. The zero-order valence-corrected chi connectivity index (χ0v) is 19.2. The van der Waals surface area contributed by atoms with Gasteiger partial charge in [0.05, 0.1) is 19.4 Å². The summed E-state index contributed by atoms with van der Waals surface area (Å²) in [5.74, 6) is -0.0218. The molecule has 1 atom stereocenters. The quantitative estimate of drug-likeness (QED) is 0.547. The van der Waals surface area contributed by atoms with Gasteiger partial charge in [-0.15, -0.1) is 0 Å². The van der Waals surface area contributed by atoms with Crippen LogP contribution in [0, 0.1) is 5.41 Å². The van der Waals surface area contributed by atoms with Crippen LogP contribution < -0.4 is 14.9 Å². The van der Waals surface area contributed by atoms with Crippen LogP contribution in [0.15, 0.2) is 41.8 Å². The third-order valence-electron chi connectivity index (χ3n) is 5.98. The average molecular weight is 453 g/mol. The molecule has 3 aromatic rings. The number of rotatable bonds is 7. The summed E-state index contributed by atoms with van der Waals surface area (Å²) in [7, 11) is 1.57. The van der Waals surface area contributed by atoms with Crippen molar-refractivity contribution in [3.8, 4) is 22.8 Å². The average Bonchev–Trinajstić information content (AvgIpc) is 3.28. The minimum Gasteiger partial charge on any atom is -0.493 e. The van der Waals surface area contributed by atoms with Crippen molar-refractivity contribution < 1.29 is 19.4 Å². The Balaban J connectivity index is 1.70. The third kappa shape index (κ3) is 4.48. The summed E-state index contributed by atoms with van der Waals surface area (Å²) in [6.45, 7) is 7.50. The van der Waals surface area contributed by atoms with Crippen molar-refractivity contribution in [1.82, 2.24) is 19.3 Å². The molecule has 0 aliphatic carbocycles. The highest BCUT2D eigenvalue weighted by Crippen LogP contribution is 2.45. The van der Waals surface area contributed by atoms with Crippen LogP contribution in [-0.4, -0.2) is 44.1 Å². The zero-order valence-electron chi connectivity index (χ0n) is 19.2. The molecule has 0 spiro atoms. The molecule has 2 aromatic heterocycles. The van der Waals surface area contributed by atoms with E-state index in [0.29, 0.717) is 36.8 Å². The third-order valence-corrected chi connectivity index (χ3v) is 5.98. The lowest BCUT2D eigenvalue weighted by Crippen LogP contribution is -2.32. The standard InChI is InChI=1S/C24H28N4O5/c1-24(2,3)22-9-15-8-21(33-7-5-6-27-14-25-13-26-27)20(32-4)10-16(15)18-11-19(29)17(23(30)31)12-28(18)22/h8,10-14,22H,5-7,9H2,1-4H3,(H,30,31). The van der Waals surface area contributed by atoms with Crippen LogP contribution >= 0.6 is 0 Å². The van der Waals surface area contributed by atoms with Gasteiger partial charge >= 0.3 is 5.97 Å². The van der Waals surface area contributed by atoms with E-state index in [4.69, 9.17) is 9.47 Å². The molecule has 9 heteroatoms. The lowest BCUT2D eigenvalue weighted by molar-refractivity contribution is 0.0693. The summed E-state index contributed by atoms with van der Waals surface area (Å²) in [5.41, 5.74) is 1.65. The second-order valence-electron chi connectivity index (χ2n) is 9.26. The predicted molar refractivity (Wildman–Crippen MR) is 122 cm³/mol. The maximum atomic E-state index is 12.5. The molecule has 0 bridgehead atoms. The number of hydrogen-bond donors (Lipinski definition) is 1.